The van der Waals surface area contributed by atoms with Crippen LogP contribution in [0.2, 0.25) is 10.0 Å². The highest BCUT2D eigenvalue weighted by Gasteiger charge is 2.51. The highest BCUT2D eigenvalue weighted by atomic mass is 35.5. The van der Waals surface area contributed by atoms with Gasteiger partial charge in [-0.15, -0.1) is 0 Å². The normalized spacial score (nSPS) is 29.4. The lowest BCUT2D eigenvalue weighted by atomic mass is 9.86. The lowest BCUT2D eigenvalue weighted by Crippen LogP contribution is -2.64. The van der Waals surface area contributed by atoms with Gasteiger partial charge in [0.25, 0.3) is 0 Å². The maximum Gasteiger partial charge on any atom is 0.330 e. The molecule has 21 N–H and O–H groups in total. The minimum Gasteiger partial charge on any atom is -0.508 e. The first kappa shape index (κ1) is 74.5. The van der Waals surface area contributed by atoms with Crippen molar-refractivity contribution in [3.8, 4) is 57.1 Å². The van der Waals surface area contributed by atoms with E-state index in [-0.39, 0.29) is 46.2 Å². The Labute approximate surface area is 584 Å². The van der Waals surface area contributed by atoms with Crippen molar-refractivity contribution < 1.29 is 118 Å². The van der Waals surface area contributed by atoms with Gasteiger partial charge in [0.05, 0.1) is 41.3 Å². The molecule has 11 bridgehead atoms. The lowest BCUT2D eigenvalue weighted by Gasteiger charge is -2.47. The number of aliphatic hydroxyl groups is 6. The first-order valence-corrected chi connectivity index (χ1v) is 32.4. The number of fused-ring (bicyclic) bond motifs is 15. The molecule has 2 fully saturated rings. The first-order valence-electron chi connectivity index (χ1n) is 31.6. The number of phenolic OH excluding ortho intramolecular Hbond substituents is 3. The molecule has 12 rings (SSSR count). The Bertz CT molecular complexity index is 4070. The fourth-order valence-corrected chi connectivity index (χ4v) is 12.9. The largest absolute Gasteiger partial charge is 0.508 e. The number of carbonyl (C=O) groups is 8. The van der Waals surface area contributed by atoms with E-state index < -0.39 is 237 Å². The lowest BCUT2D eigenvalue weighted by molar-refractivity contribution is -0.333. The van der Waals surface area contributed by atoms with Gasteiger partial charge in [-0.1, -0.05) is 55.2 Å². The van der Waals surface area contributed by atoms with E-state index in [1.54, 1.807) is 0 Å². The van der Waals surface area contributed by atoms with E-state index in [0.29, 0.717) is 0 Å². The van der Waals surface area contributed by atoms with Gasteiger partial charge in [-0.3, -0.25) is 33.6 Å². The van der Waals surface area contributed by atoms with Gasteiger partial charge in [0, 0.05) is 34.7 Å². The quantitative estimate of drug-likeness (QED) is 0.0743. The number of amides is 7. The van der Waals surface area contributed by atoms with Crippen LogP contribution >= 0.6 is 23.2 Å². The molecule has 33 nitrogen and oxygen atoms in total. The number of rotatable bonds is 13. The second-order valence-electron chi connectivity index (χ2n) is 25.7. The summed E-state index contributed by atoms with van der Waals surface area (Å²) < 4.78 is 38.3. The van der Waals surface area contributed by atoms with Crippen LogP contribution < -0.4 is 62.9 Å². The molecule has 2 saturated heterocycles. The molecule has 5 aromatic carbocycles. The molecular weight excluding hydrogens is 1370 g/mol. The van der Waals surface area contributed by atoms with Crippen molar-refractivity contribution in [3.05, 3.63) is 117 Å². The molecule has 5 aromatic rings. The van der Waals surface area contributed by atoms with Gasteiger partial charge >= 0.3 is 5.97 Å². The van der Waals surface area contributed by atoms with Gasteiger partial charge in [-0.25, -0.2) is 4.79 Å². The number of carbonyl (C=O) groups excluding carboxylic acids is 7. The van der Waals surface area contributed by atoms with Crippen LogP contribution in [0, 0.1) is 5.92 Å². The number of phenols is 3. The van der Waals surface area contributed by atoms with E-state index >= 15 is 14.4 Å². The minimum absolute atomic E-state index is 0.0975. The molecule has 0 saturated carbocycles. The Morgan fingerprint density at radius 1 is 0.713 bits per heavy atom. The number of hydrogen-bond donors (Lipinski definition) is 19. The third-order valence-electron chi connectivity index (χ3n) is 17.8. The van der Waals surface area contributed by atoms with Crippen molar-refractivity contribution in [1.29, 1.82) is 0 Å². The molecule has 7 aliphatic rings. The standard InChI is InChI=1S/C66H75Cl2N9O24/c1-23(2)12-34(71-5)58(88)76-49-51(83)26-7-10-38(32(67)14-26)97-40-16-28-17-41(55(40)101-65-56(54(86)53(85)42(22-78)99-65)100-44-21-66(4,70)57(87)24(3)96-44)98-39-11-8-27(15-33(39)68)52(84)50-63(93)75-48(64(94)95)31-18-29(79)19-37(81)45(31)30-13-25(6-9-36(30)80)46(60(90)77-50)74-61(91)47(28)73-59(89)35(20-43(69)82)72-62(49)92/h6-11,13-19,23-24,34-35,42,44,46-54,56-57,65,71,78-81,83-87H,12,20-22,70H2,1-5H3,(H2,69,82)(H,72,92)(H,73,89)(H,74,91)(H,75,93)(H,76,88)(H,77,90)(H,94,95)/t24-,34+,35+,42+,44-,46-,47-,48-,49-,50+,51-,52-,53+,54-,56+,57+,65-,66-/m1/s1. The zero-order valence-electron chi connectivity index (χ0n) is 54.3. The number of aromatic hydroxyl groups is 3. The van der Waals surface area contributed by atoms with Crippen molar-refractivity contribution in [1.82, 2.24) is 37.2 Å². The fourth-order valence-electron chi connectivity index (χ4n) is 12.5. The van der Waals surface area contributed by atoms with Crippen LogP contribution in [0.25, 0.3) is 11.1 Å². The molecule has 35 heteroatoms. The summed E-state index contributed by atoms with van der Waals surface area (Å²) in [4.78, 5) is 117. The van der Waals surface area contributed by atoms with Crippen molar-refractivity contribution in [3.63, 3.8) is 0 Å². The number of carboxylic acids is 1. The number of benzene rings is 5. The average molecular weight is 1450 g/mol. The zero-order valence-corrected chi connectivity index (χ0v) is 55.8. The third-order valence-corrected chi connectivity index (χ3v) is 18.4. The fraction of sp³-hybridized carbons (Fsp3) is 0.424. The Kier molecular flexibility index (Phi) is 22.2. The molecule has 542 valence electrons. The number of primary amides is 1. The summed E-state index contributed by atoms with van der Waals surface area (Å²) in [5.74, 6) is -16.0. The van der Waals surface area contributed by atoms with E-state index in [2.05, 4.69) is 37.2 Å². The van der Waals surface area contributed by atoms with E-state index in [1.165, 1.54) is 33.0 Å². The molecule has 0 spiro atoms. The minimum atomic E-state index is -2.35. The SMILES string of the molecule is CN[C@@H](CC(C)C)C(=O)N[C@H]1C(=O)N[C@@H](CC(N)=O)C(=O)N[C@H]2C(=O)N[C@H]3C(=O)N[C@H](C(=O)N[C@@H](C(=O)O)c4cc(O)cc(O)c4-c4cc3ccc4O)[C@H](O)c3ccc(c(Cl)c3)Oc3cc2cc(c3O[C@H]2O[C@@H](CO)[C@H](O)[C@@H](O)[C@@H]2O[C@@H]2C[C@@](C)(N)[C@@H](O)[C@@H](C)O2)Oc2ccc(cc2Cl)[C@H]1O. The number of nitrogens with two attached hydrogens (primary N) is 2. The van der Waals surface area contributed by atoms with Crippen LogP contribution in [0.1, 0.15) is 105 Å². The first-order chi connectivity index (χ1) is 47.7. The number of hydrogen-bond acceptors (Lipinski definition) is 25. The summed E-state index contributed by atoms with van der Waals surface area (Å²) in [5, 5.41) is 131. The number of carboxylic acid groups (broad SMARTS) is 1. The molecule has 18 atom stereocenters. The average Bonchev–Trinajstić information content (AvgIpc) is 0.775. The predicted molar refractivity (Wildman–Crippen MR) is 349 cm³/mol. The molecular formula is C66H75Cl2N9O24. The van der Waals surface area contributed by atoms with Crippen LogP contribution in [0.4, 0.5) is 0 Å². The van der Waals surface area contributed by atoms with Crippen LogP contribution in [0.15, 0.2) is 78.9 Å². The number of halogens is 2. The van der Waals surface area contributed by atoms with Crippen LogP contribution in [-0.4, -0.2) is 191 Å². The maximum absolute atomic E-state index is 16.0. The summed E-state index contributed by atoms with van der Waals surface area (Å²) >= 11 is 14.1. The highest BCUT2D eigenvalue weighted by molar-refractivity contribution is 6.32. The van der Waals surface area contributed by atoms with Crippen molar-refractivity contribution >= 4 is 70.5 Å². The molecule has 7 heterocycles. The highest BCUT2D eigenvalue weighted by Crippen LogP contribution is 2.50. The monoisotopic (exact) mass is 1450 g/mol. The molecule has 7 amide bonds. The number of aliphatic hydroxyl groups excluding tert-OH is 6. The van der Waals surface area contributed by atoms with Gasteiger partial charge in [-0.05, 0) is 110 Å². The van der Waals surface area contributed by atoms with E-state index in [0.717, 1.165) is 66.7 Å². The van der Waals surface area contributed by atoms with Crippen LogP contribution in [0.3, 0.4) is 0 Å². The van der Waals surface area contributed by atoms with Crippen molar-refractivity contribution in [2.45, 2.75) is 156 Å². The third kappa shape index (κ3) is 15.8. The smallest absolute Gasteiger partial charge is 0.330 e. The summed E-state index contributed by atoms with van der Waals surface area (Å²) in [5.41, 5.74) is 8.00. The van der Waals surface area contributed by atoms with Crippen molar-refractivity contribution in [2.75, 3.05) is 13.7 Å². The second-order valence-corrected chi connectivity index (χ2v) is 26.5. The summed E-state index contributed by atoms with van der Waals surface area (Å²) in [7, 11) is 1.47. The molecule has 0 aliphatic carbocycles. The summed E-state index contributed by atoms with van der Waals surface area (Å²) in [6.45, 7) is 5.66. The number of ether oxygens (including phenoxy) is 6. The molecule has 0 aromatic heterocycles. The van der Waals surface area contributed by atoms with E-state index in [9.17, 15) is 75.0 Å². The molecule has 7 aliphatic heterocycles. The van der Waals surface area contributed by atoms with E-state index in [1.807, 2.05) is 13.8 Å². The Balaban J connectivity index is 1.24. The predicted octanol–water partition coefficient (Wildman–Crippen LogP) is 0.106. The Hall–Kier alpha value is -9.20. The number of aliphatic carboxylic acids is 1. The van der Waals surface area contributed by atoms with Gasteiger partial charge in [-0.2, -0.15) is 0 Å². The van der Waals surface area contributed by atoms with Crippen LogP contribution in [-0.2, 0) is 52.6 Å². The van der Waals surface area contributed by atoms with Crippen LogP contribution in [0.5, 0.6) is 46.0 Å². The van der Waals surface area contributed by atoms with Gasteiger partial charge in [0.2, 0.25) is 53.4 Å². The molecule has 0 unspecified atom stereocenters. The second kappa shape index (κ2) is 30.2. The molecule has 0 radical (unpaired) electrons. The van der Waals surface area contributed by atoms with E-state index in [4.69, 9.17) is 63.1 Å². The Morgan fingerprint density at radius 2 is 1.32 bits per heavy atom. The molecule has 101 heavy (non-hydrogen) atoms. The van der Waals surface area contributed by atoms with Gasteiger partial charge in [0.1, 0.15) is 89.5 Å². The number of nitrogens with one attached hydrogen (secondary N) is 7. The zero-order chi connectivity index (χ0) is 73.5. The summed E-state index contributed by atoms with van der Waals surface area (Å²) in [6, 6.07) is -0.679. The van der Waals surface area contributed by atoms with Gasteiger partial charge in [0.15, 0.2) is 29.9 Å². The number of likely N-dealkylation sites (N-methyl/N-ethyl adjacent to an activating group) is 1. The topological polar surface area (TPSA) is 530 Å². The Morgan fingerprint density at radius 3 is 1.90 bits per heavy atom. The van der Waals surface area contributed by atoms with Gasteiger partial charge < -0.3 is 128 Å². The maximum atomic E-state index is 16.0. The summed E-state index contributed by atoms with van der Waals surface area (Å²) in [6.07, 6.45) is -18.6. The van der Waals surface area contributed by atoms with Crippen molar-refractivity contribution in [2.24, 2.45) is 17.4 Å².